The minimum atomic E-state index is 0.465. The van der Waals surface area contributed by atoms with Gasteiger partial charge >= 0.3 is 0 Å². The molecule has 0 rings (SSSR count). The van der Waals surface area contributed by atoms with Gasteiger partial charge in [0.1, 0.15) is 0 Å². The van der Waals surface area contributed by atoms with E-state index in [4.69, 9.17) is 0 Å². The average Bonchev–Trinajstić information content (AvgIpc) is 1.65. The van der Waals surface area contributed by atoms with Crippen LogP contribution in [-0.4, -0.2) is 12.2 Å². The van der Waals surface area contributed by atoms with E-state index in [1.165, 1.54) is 0 Å². The van der Waals surface area contributed by atoms with Gasteiger partial charge in [-0.3, -0.25) is 0 Å². The molecule has 2 nitrogen and oxygen atoms in total. The summed E-state index contributed by atoms with van der Waals surface area (Å²) >= 11 is 7.37. The minimum absolute atomic E-state index is 0.465. The highest BCUT2D eigenvalue weighted by Gasteiger charge is 1.74. The van der Waals surface area contributed by atoms with E-state index >= 15 is 0 Å². The molecule has 0 aromatic rings. The fourth-order valence-electron chi connectivity index (χ4n) is 0.0559. The SMILES string of the molecule is CNC(=S)N=[SH2]. The molecule has 0 aliphatic carbocycles. The molecule has 0 saturated carbocycles. The van der Waals surface area contributed by atoms with E-state index in [1.807, 2.05) is 0 Å². The Bertz CT molecular complexity index is 69.9. The Hall–Kier alpha value is 0.0400. The van der Waals surface area contributed by atoms with Crippen molar-refractivity contribution >= 4 is 29.8 Å². The Morgan fingerprint density at radius 1 is 2.00 bits per heavy atom. The molecule has 0 aromatic carbocycles. The summed E-state index contributed by atoms with van der Waals surface area (Å²) in [5.41, 5.74) is 0. The second kappa shape index (κ2) is 3.24. The first-order valence-corrected chi connectivity index (χ1v) is 2.26. The van der Waals surface area contributed by atoms with E-state index in [9.17, 15) is 0 Å². The highest BCUT2D eigenvalue weighted by molar-refractivity contribution is 7.80. The highest BCUT2D eigenvalue weighted by Crippen LogP contribution is 1.64. The number of thiocarbonyl (C=S) groups is 1. The molecule has 4 heteroatoms. The second-order valence-corrected chi connectivity index (χ2v) is 1.28. The fraction of sp³-hybridized carbons (Fsp3) is 0.500. The zero-order valence-corrected chi connectivity index (χ0v) is 5.17. The zero-order valence-electron chi connectivity index (χ0n) is 3.36. The van der Waals surface area contributed by atoms with Gasteiger partial charge in [0.2, 0.25) is 0 Å². The van der Waals surface area contributed by atoms with Gasteiger partial charge in [-0.15, -0.1) is 12.4 Å². The predicted molar refractivity (Wildman–Crippen MR) is 34.2 cm³/mol. The molecule has 0 bridgehead atoms. The van der Waals surface area contributed by atoms with Gasteiger partial charge in [0.15, 0.2) is 5.11 Å². The van der Waals surface area contributed by atoms with Crippen molar-refractivity contribution in [2.75, 3.05) is 7.05 Å². The molecule has 0 aliphatic rings. The van der Waals surface area contributed by atoms with E-state index < -0.39 is 0 Å². The van der Waals surface area contributed by atoms with Crippen molar-refractivity contribution in [2.45, 2.75) is 0 Å². The Morgan fingerprint density at radius 2 is 2.50 bits per heavy atom. The molecule has 1 N–H and O–H groups in total. The van der Waals surface area contributed by atoms with Crippen molar-refractivity contribution in [3.05, 3.63) is 0 Å². The summed E-state index contributed by atoms with van der Waals surface area (Å²) in [6.45, 7) is 0. The van der Waals surface area contributed by atoms with Crippen LogP contribution in [0.2, 0.25) is 0 Å². The van der Waals surface area contributed by atoms with Crippen molar-refractivity contribution in [1.29, 1.82) is 0 Å². The summed E-state index contributed by atoms with van der Waals surface area (Å²) in [6.07, 6.45) is 0. The lowest BCUT2D eigenvalue weighted by molar-refractivity contribution is 1.19. The number of rotatable bonds is 0. The number of nitrogens with zero attached hydrogens (tertiary/aromatic N) is 1. The molecule has 0 aliphatic heterocycles. The van der Waals surface area contributed by atoms with E-state index in [0.717, 1.165) is 0 Å². The second-order valence-electron chi connectivity index (χ2n) is 0.667. The van der Waals surface area contributed by atoms with Crippen LogP contribution in [-0.2, 0) is 12.4 Å². The van der Waals surface area contributed by atoms with E-state index in [-0.39, 0.29) is 0 Å². The van der Waals surface area contributed by atoms with Gasteiger partial charge in [-0.1, -0.05) is 0 Å². The topological polar surface area (TPSA) is 24.4 Å². The van der Waals surface area contributed by atoms with Crippen LogP contribution in [0.15, 0.2) is 4.36 Å². The Labute approximate surface area is 47.1 Å². The maximum atomic E-state index is 4.53. The summed E-state index contributed by atoms with van der Waals surface area (Å²) in [7, 11) is 1.71. The van der Waals surface area contributed by atoms with E-state index in [2.05, 4.69) is 34.3 Å². The maximum Gasteiger partial charge on any atom is 0.198 e. The van der Waals surface area contributed by atoms with Crippen molar-refractivity contribution in [1.82, 2.24) is 5.32 Å². The molecule has 0 heterocycles. The Kier molecular flexibility index (Phi) is 3.26. The summed E-state index contributed by atoms with van der Waals surface area (Å²) in [5, 5.41) is 3.10. The normalized spacial score (nSPS) is 7.00. The van der Waals surface area contributed by atoms with E-state index in [1.54, 1.807) is 7.05 Å². The van der Waals surface area contributed by atoms with Gasteiger partial charge in [0, 0.05) is 7.05 Å². The van der Waals surface area contributed by atoms with Crippen molar-refractivity contribution in [3.8, 4) is 0 Å². The molecule has 0 aromatic heterocycles. The molecule has 0 amide bonds. The van der Waals surface area contributed by atoms with Gasteiger partial charge in [-0.2, -0.15) is 0 Å². The van der Waals surface area contributed by atoms with Gasteiger partial charge in [0.05, 0.1) is 0 Å². The minimum Gasteiger partial charge on any atom is -0.364 e. The summed E-state index contributed by atoms with van der Waals surface area (Å²) < 4.78 is 3.43. The molecule has 36 valence electrons. The standard InChI is InChI=1S/C2H6N2S2/c1-3-2(5)4-6/h6H2,1H3,(H,3,5). The van der Waals surface area contributed by atoms with Crippen LogP contribution in [0.5, 0.6) is 0 Å². The lowest BCUT2D eigenvalue weighted by Crippen LogP contribution is -2.10. The number of nitrogens with one attached hydrogen (secondary N) is 1. The lowest BCUT2D eigenvalue weighted by Gasteiger charge is -1.86. The molecule has 0 fully saturated rings. The van der Waals surface area contributed by atoms with Crippen LogP contribution < -0.4 is 5.32 Å². The van der Waals surface area contributed by atoms with Gasteiger partial charge in [-0.05, 0) is 12.2 Å². The largest absolute Gasteiger partial charge is 0.364 e. The average molecular weight is 122 g/mol. The van der Waals surface area contributed by atoms with Crippen LogP contribution in [0.4, 0.5) is 0 Å². The third-order valence-corrected chi connectivity index (χ3v) is 0.996. The lowest BCUT2D eigenvalue weighted by atomic mass is 11.1. The van der Waals surface area contributed by atoms with E-state index in [0.29, 0.717) is 5.11 Å². The van der Waals surface area contributed by atoms with Crippen molar-refractivity contribution in [2.24, 2.45) is 4.36 Å². The number of hydrogen-bond acceptors (Lipinski definition) is 1. The Balaban J connectivity index is 3.23. The molecule has 0 spiro atoms. The zero-order chi connectivity index (χ0) is 4.99. The van der Waals surface area contributed by atoms with Crippen LogP contribution in [0.3, 0.4) is 0 Å². The molecule has 6 heavy (non-hydrogen) atoms. The van der Waals surface area contributed by atoms with Gasteiger partial charge in [0.25, 0.3) is 0 Å². The van der Waals surface area contributed by atoms with Crippen LogP contribution in [0.1, 0.15) is 0 Å². The molecule has 0 saturated heterocycles. The maximum absolute atomic E-state index is 4.53. The smallest absolute Gasteiger partial charge is 0.198 e. The van der Waals surface area contributed by atoms with Crippen LogP contribution in [0.25, 0.3) is 0 Å². The predicted octanol–water partition coefficient (Wildman–Crippen LogP) is -0.314. The monoisotopic (exact) mass is 122 g/mol. The molecular weight excluding hydrogens is 116 g/mol. The molecule has 0 atom stereocenters. The van der Waals surface area contributed by atoms with Crippen LogP contribution >= 0.6 is 12.2 Å². The van der Waals surface area contributed by atoms with Gasteiger partial charge in [-0.25, -0.2) is 4.36 Å². The Morgan fingerprint density at radius 3 is 2.50 bits per heavy atom. The first-order chi connectivity index (χ1) is 2.81. The quantitative estimate of drug-likeness (QED) is 0.446. The fourth-order valence-corrected chi connectivity index (χ4v) is 0.168. The third-order valence-electron chi connectivity index (χ3n) is 0.315. The van der Waals surface area contributed by atoms with Crippen LogP contribution in [0, 0.1) is 0 Å². The molecule has 0 unspecified atom stereocenters. The van der Waals surface area contributed by atoms with Crippen molar-refractivity contribution in [3.63, 3.8) is 0 Å². The summed E-state index contributed by atoms with van der Waals surface area (Å²) in [5.74, 6) is 0. The number of hydrogen-bond donors (Lipinski definition) is 1. The molecule has 0 radical (unpaired) electrons. The molecular formula is C2H6N2S2. The van der Waals surface area contributed by atoms with Crippen molar-refractivity contribution < 1.29 is 0 Å². The van der Waals surface area contributed by atoms with Gasteiger partial charge < -0.3 is 5.32 Å². The summed E-state index contributed by atoms with van der Waals surface area (Å²) in [4.78, 5) is 0. The first-order valence-electron chi connectivity index (χ1n) is 1.40. The summed E-state index contributed by atoms with van der Waals surface area (Å²) in [6, 6.07) is 0. The third kappa shape index (κ3) is 2.29. The highest BCUT2D eigenvalue weighted by atomic mass is 32.1. The first kappa shape index (κ1) is 6.04.